The molecule has 36 heavy (non-hydrogen) atoms. The molecular weight excluding hydrogens is 450 g/mol. The first kappa shape index (κ1) is 25.1. The molecule has 186 valence electrons. The summed E-state index contributed by atoms with van der Waals surface area (Å²) in [4.78, 5) is 9.13. The smallest absolute Gasteiger partial charge is 0.165 e. The summed E-state index contributed by atoms with van der Waals surface area (Å²) in [6.07, 6.45) is 3.74. The zero-order chi connectivity index (χ0) is 25.8. The number of nitrogens with zero attached hydrogens (tertiary/aromatic N) is 3. The molecular formula is C30H33N3O3. The van der Waals surface area contributed by atoms with Crippen LogP contribution in [0.5, 0.6) is 17.2 Å². The number of phenols is 1. The van der Waals surface area contributed by atoms with Crippen molar-refractivity contribution in [3.8, 4) is 17.2 Å². The van der Waals surface area contributed by atoms with E-state index in [1.807, 2.05) is 62.6 Å². The van der Waals surface area contributed by atoms with Gasteiger partial charge in [0.25, 0.3) is 0 Å². The van der Waals surface area contributed by atoms with Crippen LogP contribution in [0.25, 0.3) is 11.8 Å². The molecule has 0 atom stereocenters. The van der Waals surface area contributed by atoms with Gasteiger partial charge in [-0.25, -0.2) is 4.99 Å². The summed E-state index contributed by atoms with van der Waals surface area (Å²) >= 11 is 0. The Hall–Kier alpha value is -4.03. The molecule has 0 aliphatic carbocycles. The number of aliphatic imine (C=N–C) groups is 1. The van der Waals surface area contributed by atoms with Gasteiger partial charge in [0.15, 0.2) is 11.5 Å². The van der Waals surface area contributed by atoms with E-state index in [1.54, 1.807) is 6.07 Å². The number of amidine groups is 1. The van der Waals surface area contributed by atoms with Gasteiger partial charge in [0, 0.05) is 23.4 Å². The lowest BCUT2D eigenvalue weighted by atomic mass is 10.0. The Morgan fingerprint density at radius 2 is 1.75 bits per heavy atom. The van der Waals surface area contributed by atoms with E-state index < -0.39 is 0 Å². The van der Waals surface area contributed by atoms with E-state index in [0.717, 1.165) is 46.1 Å². The summed E-state index contributed by atoms with van der Waals surface area (Å²) in [7, 11) is 5.60. The predicted octanol–water partition coefficient (Wildman–Crippen LogP) is 6.19. The molecule has 1 aliphatic rings. The second kappa shape index (κ2) is 10.7. The number of aromatic hydroxyl groups is 1. The SMILES string of the molecule is C=C1c2ccccc2N=C(/C=C/c2cccc(OC)c2O)N1c1c(C)cc(OCCN(C)C)cc1C. The number of para-hydroxylation sites is 2. The van der Waals surface area contributed by atoms with E-state index in [9.17, 15) is 5.11 Å². The van der Waals surface area contributed by atoms with E-state index in [1.165, 1.54) is 7.11 Å². The molecule has 6 heteroatoms. The van der Waals surface area contributed by atoms with Crippen molar-refractivity contribution in [2.24, 2.45) is 4.99 Å². The molecule has 6 nitrogen and oxygen atoms in total. The highest BCUT2D eigenvalue weighted by molar-refractivity contribution is 6.19. The van der Waals surface area contributed by atoms with Crippen molar-refractivity contribution in [2.75, 3.05) is 39.3 Å². The maximum Gasteiger partial charge on any atom is 0.165 e. The van der Waals surface area contributed by atoms with E-state index in [-0.39, 0.29) is 5.75 Å². The van der Waals surface area contributed by atoms with Crippen LogP contribution in [-0.4, -0.2) is 50.2 Å². The van der Waals surface area contributed by atoms with Crippen molar-refractivity contribution in [1.29, 1.82) is 0 Å². The van der Waals surface area contributed by atoms with Crippen LogP contribution >= 0.6 is 0 Å². The topological polar surface area (TPSA) is 57.5 Å². The van der Waals surface area contributed by atoms with Gasteiger partial charge < -0.3 is 19.5 Å². The van der Waals surface area contributed by atoms with Gasteiger partial charge in [-0.05, 0) is 75.5 Å². The Bertz CT molecular complexity index is 1320. The number of anilines is 1. The zero-order valence-corrected chi connectivity index (χ0v) is 21.6. The number of likely N-dealkylation sites (N-methyl/N-ethyl adjacent to an activating group) is 1. The van der Waals surface area contributed by atoms with Crippen molar-refractivity contribution in [3.05, 3.63) is 89.5 Å². The lowest BCUT2D eigenvalue weighted by molar-refractivity contribution is 0.261. The van der Waals surface area contributed by atoms with E-state index in [2.05, 4.69) is 42.4 Å². The third kappa shape index (κ3) is 5.14. The first-order valence-corrected chi connectivity index (χ1v) is 11.9. The molecule has 0 unspecified atom stereocenters. The molecule has 0 spiro atoms. The Kier molecular flexibility index (Phi) is 7.46. The first-order valence-electron chi connectivity index (χ1n) is 11.9. The van der Waals surface area contributed by atoms with E-state index in [4.69, 9.17) is 14.5 Å². The summed E-state index contributed by atoms with van der Waals surface area (Å²) in [5.74, 6) is 2.05. The predicted molar refractivity (Wildman–Crippen MR) is 149 cm³/mol. The maximum absolute atomic E-state index is 10.6. The van der Waals surface area contributed by atoms with Gasteiger partial charge in [-0.15, -0.1) is 0 Å². The Morgan fingerprint density at radius 1 is 1.03 bits per heavy atom. The Labute approximate surface area is 213 Å². The molecule has 3 aromatic carbocycles. The van der Waals surface area contributed by atoms with Crippen LogP contribution in [0.4, 0.5) is 11.4 Å². The summed E-state index contributed by atoms with van der Waals surface area (Å²) in [6, 6.07) is 17.5. The van der Waals surface area contributed by atoms with Crippen molar-refractivity contribution in [3.63, 3.8) is 0 Å². The van der Waals surface area contributed by atoms with Crippen LogP contribution in [-0.2, 0) is 0 Å². The molecule has 0 saturated heterocycles. The average Bonchev–Trinajstić information content (AvgIpc) is 2.84. The van der Waals surface area contributed by atoms with Crippen LogP contribution in [0.15, 0.2) is 72.2 Å². The fourth-order valence-corrected chi connectivity index (χ4v) is 4.31. The number of benzene rings is 3. The largest absolute Gasteiger partial charge is 0.504 e. The maximum atomic E-state index is 10.6. The second-order valence-electron chi connectivity index (χ2n) is 9.06. The van der Waals surface area contributed by atoms with Gasteiger partial charge in [-0.1, -0.05) is 36.9 Å². The van der Waals surface area contributed by atoms with Gasteiger partial charge in [-0.2, -0.15) is 0 Å². The monoisotopic (exact) mass is 483 g/mol. The van der Waals surface area contributed by atoms with Gasteiger partial charge in [0.1, 0.15) is 18.2 Å². The number of rotatable bonds is 8. The normalized spacial score (nSPS) is 13.2. The van der Waals surface area contributed by atoms with Crippen LogP contribution in [0, 0.1) is 13.8 Å². The van der Waals surface area contributed by atoms with E-state index in [0.29, 0.717) is 23.8 Å². The van der Waals surface area contributed by atoms with Gasteiger partial charge in [0.05, 0.1) is 18.5 Å². The number of phenolic OH excluding ortho intramolecular Hbond substituents is 1. The molecule has 0 radical (unpaired) electrons. The van der Waals surface area contributed by atoms with Crippen molar-refractivity contribution < 1.29 is 14.6 Å². The third-order valence-electron chi connectivity index (χ3n) is 6.11. The van der Waals surface area contributed by atoms with Crippen molar-refractivity contribution in [1.82, 2.24) is 4.90 Å². The minimum absolute atomic E-state index is 0.0880. The summed E-state index contributed by atoms with van der Waals surface area (Å²) < 4.78 is 11.3. The molecule has 0 bridgehead atoms. The Morgan fingerprint density at radius 3 is 2.44 bits per heavy atom. The van der Waals surface area contributed by atoms with Gasteiger partial charge in [0.2, 0.25) is 0 Å². The third-order valence-corrected chi connectivity index (χ3v) is 6.11. The first-order chi connectivity index (χ1) is 17.3. The van der Waals surface area contributed by atoms with Crippen molar-refractivity contribution in [2.45, 2.75) is 13.8 Å². The molecule has 0 saturated carbocycles. The molecule has 0 fully saturated rings. The number of hydrogen-bond donors (Lipinski definition) is 1. The summed E-state index contributed by atoms with van der Waals surface area (Å²) in [6.45, 7) is 10.1. The number of fused-ring (bicyclic) bond motifs is 1. The van der Waals surface area contributed by atoms with Crippen molar-refractivity contribution >= 4 is 29.0 Å². The minimum Gasteiger partial charge on any atom is -0.504 e. The average molecular weight is 484 g/mol. The summed E-state index contributed by atoms with van der Waals surface area (Å²) in [5.41, 5.74) is 6.42. The van der Waals surface area contributed by atoms with Crippen LogP contribution in [0.3, 0.4) is 0 Å². The molecule has 0 amide bonds. The van der Waals surface area contributed by atoms with E-state index >= 15 is 0 Å². The zero-order valence-electron chi connectivity index (χ0n) is 21.6. The summed E-state index contributed by atoms with van der Waals surface area (Å²) in [5, 5.41) is 10.6. The molecule has 3 aromatic rings. The number of methoxy groups -OCH3 is 1. The standard InChI is InChI=1S/C30H33N3O3/c1-20-18-24(36-17-16-32(4)5)19-21(2)29(20)33-22(3)25-11-7-8-12-26(25)31-28(33)15-14-23-10-9-13-27(35-6)30(23)34/h7-15,18-19,34H,3,16-17H2,1-2,4-6H3/b15-14+. The fraction of sp³-hybridized carbons (Fsp3) is 0.233. The molecule has 1 N–H and O–H groups in total. The highest BCUT2D eigenvalue weighted by atomic mass is 16.5. The lowest BCUT2D eigenvalue weighted by Crippen LogP contribution is -2.31. The van der Waals surface area contributed by atoms with Crippen LogP contribution in [0.1, 0.15) is 22.3 Å². The fourth-order valence-electron chi connectivity index (χ4n) is 4.31. The number of aryl methyl sites for hydroxylation is 2. The van der Waals surface area contributed by atoms with Crippen LogP contribution in [0.2, 0.25) is 0 Å². The molecule has 1 heterocycles. The molecule has 4 rings (SSSR count). The highest BCUT2D eigenvalue weighted by Crippen LogP contribution is 2.40. The highest BCUT2D eigenvalue weighted by Gasteiger charge is 2.26. The van der Waals surface area contributed by atoms with Gasteiger partial charge in [-0.3, -0.25) is 4.90 Å². The molecule has 1 aliphatic heterocycles. The quantitative estimate of drug-likeness (QED) is 0.414. The Balaban J connectivity index is 1.76. The lowest BCUT2D eigenvalue weighted by Gasteiger charge is -2.33. The number of ether oxygens (including phenoxy) is 2. The number of hydrogen-bond acceptors (Lipinski definition) is 6. The minimum atomic E-state index is 0.0880. The second-order valence-corrected chi connectivity index (χ2v) is 9.06. The molecule has 0 aromatic heterocycles. The van der Waals surface area contributed by atoms with Crippen LogP contribution < -0.4 is 14.4 Å². The van der Waals surface area contributed by atoms with Gasteiger partial charge >= 0.3 is 0 Å².